The van der Waals surface area contributed by atoms with Crippen molar-refractivity contribution >= 4 is 40.2 Å². The van der Waals surface area contributed by atoms with E-state index in [1.165, 1.54) is 18.2 Å². The summed E-state index contributed by atoms with van der Waals surface area (Å²) in [4.78, 5) is 23.7. The number of carbonyl (C=O) groups excluding carboxylic acids is 2. The molecule has 0 aromatic heterocycles. The van der Waals surface area contributed by atoms with Gasteiger partial charge in [0.1, 0.15) is 5.75 Å². The molecule has 1 N–H and O–H groups in total. The van der Waals surface area contributed by atoms with E-state index < -0.39 is 25.1 Å². The Balaban J connectivity index is 1.93. The minimum Gasteiger partial charge on any atom is -0.452 e. The molecule has 0 atom stereocenters. The first-order valence-corrected chi connectivity index (χ1v) is 7.80. The van der Waals surface area contributed by atoms with Gasteiger partial charge in [0, 0.05) is 3.57 Å². The Morgan fingerprint density at radius 3 is 2.58 bits per heavy atom. The highest BCUT2D eigenvalue weighted by molar-refractivity contribution is 14.1. The van der Waals surface area contributed by atoms with Gasteiger partial charge in [-0.15, -0.1) is 0 Å². The van der Waals surface area contributed by atoms with Crippen LogP contribution in [0.5, 0.6) is 5.75 Å². The lowest BCUT2D eigenvalue weighted by molar-refractivity contribution is -0.119. The maximum absolute atomic E-state index is 12.3. The minimum absolute atomic E-state index is 0.0631. The first-order chi connectivity index (χ1) is 11.5. The van der Waals surface area contributed by atoms with Crippen LogP contribution in [-0.4, -0.2) is 25.1 Å². The van der Waals surface area contributed by atoms with E-state index in [2.05, 4.69) is 10.1 Å². The van der Waals surface area contributed by atoms with Crippen LogP contribution in [0.3, 0.4) is 0 Å². The van der Waals surface area contributed by atoms with Gasteiger partial charge in [0.2, 0.25) is 0 Å². The molecule has 2 aromatic carbocycles. The van der Waals surface area contributed by atoms with Gasteiger partial charge < -0.3 is 14.8 Å². The maximum atomic E-state index is 12.3. The Morgan fingerprint density at radius 2 is 1.88 bits per heavy atom. The summed E-state index contributed by atoms with van der Waals surface area (Å²) in [6.45, 7) is -3.56. The lowest BCUT2D eigenvalue weighted by Crippen LogP contribution is -2.21. The molecule has 0 saturated carbocycles. The summed E-state index contributed by atoms with van der Waals surface area (Å²) in [5.41, 5.74) is 0.379. The zero-order chi connectivity index (χ0) is 17.5. The van der Waals surface area contributed by atoms with Crippen LogP contribution in [0.1, 0.15) is 10.4 Å². The van der Waals surface area contributed by atoms with Crippen molar-refractivity contribution in [2.24, 2.45) is 0 Å². The maximum Gasteiger partial charge on any atom is 0.387 e. The molecule has 0 bridgehead atoms. The smallest absolute Gasteiger partial charge is 0.387 e. The second-order valence-corrected chi connectivity index (χ2v) is 5.75. The molecule has 0 fully saturated rings. The molecule has 24 heavy (non-hydrogen) atoms. The van der Waals surface area contributed by atoms with Gasteiger partial charge in [-0.25, -0.2) is 4.79 Å². The summed E-state index contributed by atoms with van der Waals surface area (Å²) in [6.07, 6.45) is 0. The Bertz CT molecular complexity index is 740. The van der Waals surface area contributed by atoms with Crippen molar-refractivity contribution in [2.75, 3.05) is 11.9 Å². The molecule has 5 nitrogen and oxygen atoms in total. The van der Waals surface area contributed by atoms with Crippen LogP contribution in [0.15, 0.2) is 48.5 Å². The second-order valence-electron chi connectivity index (χ2n) is 4.51. The second kappa shape index (κ2) is 8.57. The quantitative estimate of drug-likeness (QED) is 0.542. The zero-order valence-corrected chi connectivity index (χ0v) is 14.3. The van der Waals surface area contributed by atoms with Crippen molar-refractivity contribution in [1.82, 2.24) is 0 Å². The average Bonchev–Trinajstić information content (AvgIpc) is 2.54. The van der Waals surface area contributed by atoms with E-state index in [1.807, 2.05) is 28.7 Å². The molecule has 0 radical (unpaired) electrons. The van der Waals surface area contributed by atoms with Crippen LogP contribution in [0.2, 0.25) is 0 Å². The molecule has 0 aliphatic carbocycles. The van der Waals surface area contributed by atoms with Gasteiger partial charge in [-0.3, -0.25) is 4.79 Å². The number of para-hydroxylation sites is 2. The molecule has 0 aliphatic heterocycles. The highest BCUT2D eigenvalue weighted by atomic mass is 127. The van der Waals surface area contributed by atoms with Gasteiger partial charge in [0.15, 0.2) is 6.61 Å². The molecule has 126 valence electrons. The van der Waals surface area contributed by atoms with Gasteiger partial charge in [-0.2, -0.15) is 8.78 Å². The van der Waals surface area contributed by atoms with E-state index in [0.717, 1.165) is 3.57 Å². The fourth-order valence-electron chi connectivity index (χ4n) is 1.78. The van der Waals surface area contributed by atoms with Crippen LogP contribution < -0.4 is 10.1 Å². The number of benzene rings is 2. The predicted octanol–water partition coefficient (Wildman–Crippen LogP) is 3.69. The lowest BCUT2D eigenvalue weighted by Gasteiger charge is -2.11. The van der Waals surface area contributed by atoms with Crippen molar-refractivity contribution in [2.45, 2.75) is 6.61 Å². The number of hydrogen-bond acceptors (Lipinski definition) is 4. The molecule has 0 spiro atoms. The van der Waals surface area contributed by atoms with E-state index in [9.17, 15) is 18.4 Å². The SMILES string of the molecule is O=C(COC(=O)c1cccc(I)c1)Nc1ccccc1OC(F)F. The molecular formula is C16H12F2INO4. The van der Waals surface area contributed by atoms with E-state index in [0.29, 0.717) is 5.56 Å². The number of amides is 1. The van der Waals surface area contributed by atoms with E-state index in [1.54, 1.807) is 24.3 Å². The average molecular weight is 447 g/mol. The van der Waals surface area contributed by atoms with E-state index >= 15 is 0 Å². The Labute approximate surface area is 150 Å². The Kier molecular flexibility index (Phi) is 6.47. The largest absolute Gasteiger partial charge is 0.452 e. The molecule has 1 amide bonds. The Morgan fingerprint density at radius 1 is 1.12 bits per heavy atom. The summed E-state index contributed by atoms with van der Waals surface area (Å²) in [5, 5.41) is 2.36. The monoisotopic (exact) mass is 447 g/mol. The fourth-order valence-corrected chi connectivity index (χ4v) is 2.33. The molecule has 0 heterocycles. The highest BCUT2D eigenvalue weighted by Gasteiger charge is 2.14. The molecule has 2 rings (SSSR count). The number of anilines is 1. The summed E-state index contributed by atoms with van der Waals surface area (Å²) in [7, 11) is 0. The van der Waals surface area contributed by atoms with Crippen molar-refractivity contribution in [1.29, 1.82) is 0 Å². The number of rotatable bonds is 6. The van der Waals surface area contributed by atoms with E-state index in [4.69, 9.17) is 4.74 Å². The standard InChI is InChI=1S/C16H12F2INO4/c17-16(18)24-13-7-2-1-6-12(13)20-14(21)9-23-15(22)10-4-3-5-11(19)8-10/h1-8,16H,9H2,(H,20,21). The highest BCUT2D eigenvalue weighted by Crippen LogP contribution is 2.25. The predicted molar refractivity (Wildman–Crippen MR) is 91.1 cm³/mol. The summed E-state index contributed by atoms with van der Waals surface area (Å²) >= 11 is 2.05. The van der Waals surface area contributed by atoms with Crippen LogP contribution >= 0.6 is 22.6 Å². The molecule has 2 aromatic rings. The fraction of sp³-hybridized carbons (Fsp3) is 0.125. The number of ether oxygens (including phenoxy) is 2. The first kappa shape index (κ1) is 18.1. The summed E-state index contributed by atoms with van der Waals surface area (Å²) in [5.74, 6) is -1.50. The van der Waals surface area contributed by atoms with Gasteiger partial charge in [0.05, 0.1) is 11.3 Å². The number of carbonyl (C=O) groups is 2. The van der Waals surface area contributed by atoms with E-state index in [-0.39, 0.29) is 11.4 Å². The number of nitrogens with one attached hydrogen (secondary N) is 1. The third-order valence-electron chi connectivity index (χ3n) is 2.77. The molecular weight excluding hydrogens is 435 g/mol. The lowest BCUT2D eigenvalue weighted by atomic mass is 10.2. The van der Waals surface area contributed by atoms with Crippen molar-refractivity contribution in [3.8, 4) is 5.75 Å². The van der Waals surface area contributed by atoms with Crippen LogP contribution in [-0.2, 0) is 9.53 Å². The van der Waals surface area contributed by atoms with Crippen molar-refractivity contribution < 1.29 is 27.8 Å². The molecule has 8 heteroatoms. The van der Waals surface area contributed by atoms with Gasteiger partial charge in [-0.05, 0) is 52.9 Å². The van der Waals surface area contributed by atoms with Gasteiger partial charge in [0.25, 0.3) is 5.91 Å². The summed E-state index contributed by atoms with van der Waals surface area (Å²) in [6, 6.07) is 12.4. The topological polar surface area (TPSA) is 64.6 Å². The van der Waals surface area contributed by atoms with Gasteiger partial charge >= 0.3 is 12.6 Å². The van der Waals surface area contributed by atoms with Crippen LogP contribution in [0, 0.1) is 3.57 Å². The van der Waals surface area contributed by atoms with Gasteiger partial charge in [-0.1, -0.05) is 18.2 Å². The third-order valence-corrected chi connectivity index (χ3v) is 3.44. The van der Waals surface area contributed by atoms with Crippen molar-refractivity contribution in [3.63, 3.8) is 0 Å². The minimum atomic E-state index is -3.01. The third kappa shape index (κ3) is 5.44. The molecule has 0 saturated heterocycles. The normalized spacial score (nSPS) is 10.3. The summed E-state index contributed by atoms with van der Waals surface area (Å²) < 4.78 is 34.7. The number of esters is 1. The van der Waals surface area contributed by atoms with Crippen molar-refractivity contribution in [3.05, 3.63) is 57.7 Å². The number of hydrogen-bond donors (Lipinski definition) is 1. The van der Waals surface area contributed by atoms with Crippen LogP contribution in [0.25, 0.3) is 0 Å². The van der Waals surface area contributed by atoms with Crippen LogP contribution in [0.4, 0.5) is 14.5 Å². The number of halogens is 3. The molecule has 0 aliphatic rings. The number of alkyl halides is 2. The molecule has 0 unspecified atom stereocenters. The first-order valence-electron chi connectivity index (χ1n) is 6.72. The Hall–Kier alpha value is -2.23. The zero-order valence-electron chi connectivity index (χ0n) is 12.2.